The number of amidine groups is 1. The number of thioether (sulfide) groups is 1. The molecular formula is C26H28N2O3S. The van der Waals surface area contributed by atoms with Crippen LogP contribution in [0.2, 0.25) is 0 Å². The maximum absolute atomic E-state index is 11.8. The topological polar surface area (TPSA) is 62.1 Å². The number of hydrogen-bond donors (Lipinski definition) is 1. The summed E-state index contributed by atoms with van der Waals surface area (Å²) >= 11 is 1.70. The van der Waals surface area contributed by atoms with E-state index in [9.17, 15) is 9.90 Å². The molecule has 0 fully saturated rings. The van der Waals surface area contributed by atoms with Crippen LogP contribution < -0.4 is 4.74 Å². The van der Waals surface area contributed by atoms with Gasteiger partial charge in [-0.3, -0.25) is 9.79 Å². The normalized spacial score (nSPS) is 20.1. The monoisotopic (exact) mass is 448 g/mol. The van der Waals surface area contributed by atoms with Crippen LogP contribution >= 0.6 is 11.8 Å². The molecule has 0 saturated heterocycles. The molecule has 0 spiro atoms. The van der Waals surface area contributed by atoms with E-state index in [1.165, 1.54) is 5.56 Å². The van der Waals surface area contributed by atoms with E-state index in [0.29, 0.717) is 24.3 Å². The van der Waals surface area contributed by atoms with E-state index in [4.69, 9.17) is 9.73 Å². The fraction of sp³-hybridized carbons (Fsp3) is 0.308. The third-order valence-corrected chi connectivity index (χ3v) is 6.58. The van der Waals surface area contributed by atoms with Crippen LogP contribution in [0.5, 0.6) is 5.75 Å². The molecule has 1 aliphatic heterocycles. The first-order valence-corrected chi connectivity index (χ1v) is 11.9. The van der Waals surface area contributed by atoms with Gasteiger partial charge in [0.25, 0.3) is 0 Å². The largest absolute Gasteiger partial charge is 0.491 e. The SMILES string of the molecule is CCC(=O)c1ccc(OC[C@H](O)CN2C(SCc3ccccc3)=N[C@H]3C=CC=C[C@@H]32)cc1. The van der Waals surface area contributed by atoms with Gasteiger partial charge in [0.1, 0.15) is 18.5 Å². The van der Waals surface area contributed by atoms with Crippen LogP contribution in [0.4, 0.5) is 0 Å². The zero-order valence-electron chi connectivity index (χ0n) is 18.1. The highest BCUT2D eigenvalue weighted by Crippen LogP contribution is 2.29. The summed E-state index contributed by atoms with van der Waals surface area (Å²) in [5.74, 6) is 1.58. The van der Waals surface area contributed by atoms with Crippen LogP contribution in [0.25, 0.3) is 0 Å². The summed E-state index contributed by atoms with van der Waals surface area (Å²) in [4.78, 5) is 18.8. The van der Waals surface area contributed by atoms with E-state index < -0.39 is 6.10 Å². The number of nitrogens with zero attached hydrogens (tertiary/aromatic N) is 2. The molecule has 1 heterocycles. The van der Waals surface area contributed by atoms with Gasteiger partial charge in [0, 0.05) is 24.3 Å². The quantitative estimate of drug-likeness (QED) is 0.573. The van der Waals surface area contributed by atoms with Crippen LogP contribution in [-0.4, -0.2) is 52.3 Å². The van der Waals surface area contributed by atoms with E-state index in [-0.39, 0.29) is 24.5 Å². The van der Waals surface area contributed by atoms with Crippen molar-refractivity contribution in [2.24, 2.45) is 4.99 Å². The molecule has 1 N–H and O–H groups in total. The molecule has 2 aliphatic rings. The fourth-order valence-electron chi connectivity index (χ4n) is 3.78. The first-order chi connectivity index (χ1) is 15.6. The number of aliphatic imine (C=N–C) groups is 1. The first-order valence-electron chi connectivity index (χ1n) is 10.9. The fourth-order valence-corrected chi connectivity index (χ4v) is 4.82. The maximum Gasteiger partial charge on any atom is 0.162 e. The summed E-state index contributed by atoms with van der Waals surface area (Å²) in [6.07, 6.45) is 8.12. The molecule has 0 unspecified atom stereocenters. The van der Waals surface area contributed by atoms with Gasteiger partial charge in [0.15, 0.2) is 11.0 Å². The summed E-state index contributed by atoms with van der Waals surface area (Å²) in [7, 11) is 0. The number of ketones is 1. The van der Waals surface area contributed by atoms with Crippen LogP contribution in [0.3, 0.4) is 0 Å². The number of ether oxygens (including phenoxy) is 1. The van der Waals surface area contributed by atoms with E-state index in [1.54, 1.807) is 36.0 Å². The average molecular weight is 449 g/mol. The van der Waals surface area contributed by atoms with Gasteiger partial charge in [-0.05, 0) is 29.8 Å². The molecule has 166 valence electrons. The van der Waals surface area contributed by atoms with Crippen molar-refractivity contribution in [2.45, 2.75) is 37.3 Å². The van der Waals surface area contributed by atoms with E-state index >= 15 is 0 Å². The second-order valence-electron chi connectivity index (χ2n) is 7.86. The van der Waals surface area contributed by atoms with Gasteiger partial charge in [-0.25, -0.2) is 0 Å². The predicted molar refractivity (Wildman–Crippen MR) is 130 cm³/mol. The van der Waals surface area contributed by atoms with Gasteiger partial charge in [-0.15, -0.1) is 0 Å². The smallest absolute Gasteiger partial charge is 0.162 e. The Bertz CT molecular complexity index is 1000. The van der Waals surface area contributed by atoms with Gasteiger partial charge in [-0.1, -0.05) is 73.3 Å². The summed E-state index contributed by atoms with van der Waals surface area (Å²) in [6.45, 7) is 2.45. The Morgan fingerprint density at radius 2 is 1.88 bits per heavy atom. The van der Waals surface area contributed by atoms with Gasteiger partial charge >= 0.3 is 0 Å². The minimum Gasteiger partial charge on any atom is -0.491 e. The molecule has 0 radical (unpaired) electrons. The van der Waals surface area contributed by atoms with Crippen molar-refractivity contribution in [3.05, 3.63) is 90.0 Å². The maximum atomic E-state index is 11.8. The minimum atomic E-state index is -0.674. The molecular weight excluding hydrogens is 420 g/mol. The number of Topliss-reactive ketones (excluding diaryl/α,β-unsaturated/α-hetero) is 1. The lowest BCUT2D eigenvalue weighted by atomic mass is 10.0. The molecule has 0 saturated carbocycles. The van der Waals surface area contributed by atoms with Gasteiger partial charge in [0.2, 0.25) is 0 Å². The van der Waals surface area contributed by atoms with Gasteiger partial charge in [0.05, 0.1) is 12.1 Å². The van der Waals surface area contributed by atoms with Crippen molar-refractivity contribution in [3.8, 4) is 5.75 Å². The van der Waals surface area contributed by atoms with Crippen molar-refractivity contribution in [1.29, 1.82) is 0 Å². The number of allylic oxidation sites excluding steroid dienone is 2. The molecule has 6 heteroatoms. The number of benzene rings is 2. The third kappa shape index (κ3) is 5.50. The van der Waals surface area contributed by atoms with Gasteiger partial charge in [-0.2, -0.15) is 0 Å². The van der Waals surface area contributed by atoms with Crippen LogP contribution in [-0.2, 0) is 5.75 Å². The van der Waals surface area contributed by atoms with Gasteiger partial charge < -0.3 is 14.7 Å². The second-order valence-corrected chi connectivity index (χ2v) is 8.80. The Kier molecular flexibility index (Phi) is 7.45. The number of aliphatic hydroxyl groups is 1. The molecule has 5 nitrogen and oxygen atoms in total. The number of hydrogen-bond acceptors (Lipinski definition) is 6. The highest BCUT2D eigenvalue weighted by atomic mass is 32.2. The third-order valence-electron chi connectivity index (χ3n) is 5.50. The predicted octanol–water partition coefficient (Wildman–Crippen LogP) is 4.49. The number of carbonyl (C=O) groups excluding carboxylic acids is 1. The molecule has 2 aromatic rings. The Balaban J connectivity index is 1.35. The minimum absolute atomic E-state index is 0.0787. The highest BCUT2D eigenvalue weighted by molar-refractivity contribution is 8.13. The second kappa shape index (κ2) is 10.7. The standard InChI is InChI=1S/C26H28N2O3S/c1-2-25(30)20-12-14-22(15-13-20)31-17-21(29)16-28-24-11-7-6-10-23(24)27-26(28)32-18-19-8-4-3-5-9-19/h3-15,21,23-24,29H,2,16-18H2,1H3/t21-,23+,24+/m1/s1. The van der Waals surface area contributed by atoms with Crippen molar-refractivity contribution < 1.29 is 14.6 Å². The Labute approximate surface area is 193 Å². The Morgan fingerprint density at radius 3 is 2.62 bits per heavy atom. The molecule has 0 bridgehead atoms. The van der Waals surface area contributed by atoms with Crippen LogP contribution in [0.15, 0.2) is 83.9 Å². The average Bonchev–Trinajstić information content (AvgIpc) is 3.19. The lowest BCUT2D eigenvalue weighted by Crippen LogP contribution is -2.43. The van der Waals surface area contributed by atoms with E-state index in [0.717, 1.165) is 10.9 Å². The molecule has 2 aromatic carbocycles. The zero-order chi connectivity index (χ0) is 22.3. The lowest BCUT2D eigenvalue weighted by Gasteiger charge is -2.30. The number of aliphatic hydroxyl groups excluding tert-OH is 1. The molecule has 1 aliphatic carbocycles. The van der Waals surface area contributed by atoms with Crippen LogP contribution in [0.1, 0.15) is 29.3 Å². The van der Waals surface area contributed by atoms with Crippen LogP contribution in [0, 0.1) is 0 Å². The number of β-amino-alcohol motifs (C(OH)–C–C–N with tert-alkyl or cyclic N) is 1. The Morgan fingerprint density at radius 1 is 1.12 bits per heavy atom. The van der Waals surface area contributed by atoms with E-state index in [2.05, 4.69) is 29.2 Å². The highest BCUT2D eigenvalue weighted by Gasteiger charge is 2.35. The summed E-state index contributed by atoms with van der Waals surface area (Å²) in [6, 6.07) is 17.6. The van der Waals surface area contributed by atoms with Crippen molar-refractivity contribution in [2.75, 3.05) is 13.2 Å². The molecule has 4 rings (SSSR count). The first kappa shape index (κ1) is 22.4. The number of carbonyl (C=O) groups is 1. The summed E-state index contributed by atoms with van der Waals surface area (Å²) in [5.41, 5.74) is 1.92. The molecule has 32 heavy (non-hydrogen) atoms. The van der Waals surface area contributed by atoms with E-state index in [1.807, 2.05) is 37.3 Å². The van der Waals surface area contributed by atoms with Crippen molar-refractivity contribution in [3.63, 3.8) is 0 Å². The van der Waals surface area contributed by atoms with Crippen molar-refractivity contribution in [1.82, 2.24) is 4.90 Å². The molecule has 0 amide bonds. The summed E-state index contributed by atoms with van der Waals surface area (Å²) < 4.78 is 5.78. The zero-order valence-corrected chi connectivity index (χ0v) is 18.9. The molecule has 0 aromatic heterocycles. The number of rotatable bonds is 9. The summed E-state index contributed by atoms with van der Waals surface area (Å²) in [5, 5.41) is 11.7. The lowest BCUT2D eigenvalue weighted by molar-refractivity contribution is 0.0839. The van der Waals surface area contributed by atoms with Crippen molar-refractivity contribution >= 4 is 22.7 Å². The number of fused-ring (bicyclic) bond motifs is 1. The molecule has 3 atom stereocenters. The Hall–Kier alpha value is -2.83.